The van der Waals surface area contributed by atoms with Gasteiger partial charge in [-0.3, -0.25) is 10.00 Å². The minimum absolute atomic E-state index is 0. The van der Waals surface area contributed by atoms with E-state index in [4.69, 9.17) is 0 Å². The fraction of sp³-hybridized carbons (Fsp3) is 0.481. The van der Waals surface area contributed by atoms with Gasteiger partial charge in [-0.05, 0) is 64.8 Å². The van der Waals surface area contributed by atoms with Crippen molar-refractivity contribution in [3.05, 3.63) is 65.9 Å². The molecule has 0 spiro atoms. The molecule has 4 rings (SSSR count). The van der Waals surface area contributed by atoms with Gasteiger partial charge in [-0.1, -0.05) is 37.2 Å². The first-order chi connectivity index (χ1) is 16.2. The quantitative estimate of drug-likeness (QED) is 0.275. The average molecular weight is 547 g/mol. The van der Waals surface area contributed by atoms with Crippen LogP contribution in [0.15, 0.2) is 54.0 Å². The third kappa shape index (κ3) is 8.16. The molecule has 1 aliphatic heterocycles. The van der Waals surface area contributed by atoms with E-state index < -0.39 is 0 Å². The number of hydrogen-bond donors (Lipinski definition) is 3. The Bertz CT molecular complexity index is 1000. The molecule has 0 aromatic carbocycles. The van der Waals surface area contributed by atoms with E-state index in [1.165, 1.54) is 43.4 Å². The maximum absolute atomic E-state index is 10.3. The fourth-order valence-corrected chi connectivity index (χ4v) is 4.41. The molecule has 1 amide bonds. The Kier molecular flexibility index (Phi) is 11.5. The molecule has 2 aromatic rings. The largest absolute Gasteiger partial charge is 0.490 e. The number of rotatable bonds is 7. The molecule has 6 nitrogen and oxygen atoms in total. The molecule has 1 fully saturated rings. The second kappa shape index (κ2) is 13.6. The molecule has 35 heavy (non-hydrogen) atoms. The van der Waals surface area contributed by atoms with Gasteiger partial charge in [0.2, 0.25) is 0 Å². The van der Waals surface area contributed by atoms with Crippen molar-refractivity contribution in [2.75, 3.05) is 13.1 Å². The fourth-order valence-electron chi connectivity index (χ4n) is 4.41. The summed E-state index contributed by atoms with van der Waals surface area (Å²) in [6.45, 7) is 14.0. The zero-order valence-electron chi connectivity index (χ0n) is 21.7. The van der Waals surface area contributed by atoms with E-state index in [0.717, 1.165) is 23.4 Å². The van der Waals surface area contributed by atoms with Gasteiger partial charge >= 0.3 is 0 Å². The van der Waals surface area contributed by atoms with Gasteiger partial charge in [0.15, 0.2) is 0 Å². The Labute approximate surface area is 236 Å². The minimum Gasteiger partial charge on any atom is -0.490 e. The summed E-state index contributed by atoms with van der Waals surface area (Å²) < 4.78 is 0. The van der Waals surface area contributed by atoms with Crippen LogP contribution in [-0.4, -0.2) is 52.4 Å². The van der Waals surface area contributed by atoms with Crippen LogP contribution in [0.4, 0.5) is 0 Å². The van der Waals surface area contributed by atoms with Crippen LogP contribution < -0.4 is 10.8 Å². The molecule has 3 heterocycles. The van der Waals surface area contributed by atoms with E-state index in [2.05, 4.69) is 72.6 Å². The summed E-state index contributed by atoms with van der Waals surface area (Å²) in [7, 11) is 2.37. The number of aromatic nitrogens is 3. The first kappa shape index (κ1) is 29.5. The molecule has 8 heteroatoms. The van der Waals surface area contributed by atoms with Crippen molar-refractivity contribution in [3.63, 3.8) is 0 Å². The summed E-state index contributed by atoms with van der Waals surface area (Å²) in [5.41, 5.74) is 5.34. The van der Waals surface area contributed by atoms with Crippen LogP contribution in [0.25, 0.3) is 5.57 Å². The van der Waals surface area contributed by atoms with Crippen LogP contribution in [0.1, 0.15) is 66.0 Å². The predicted octanol–water partition coefficient (Wildman–Crippen LogP) is 4.29. The van der Waals surface area contributed by atoms with E-state index >= 15 is 0 Å². The van der Waals surface area contributed by atoms with Crippen LogP contribution in [0.3, 0.4) is 0 Å². The molecule has 0 atom stereocenters. The molecule has 0 bridgehead atoms. The summed E-state index contributed by atoms with van der Waals surface area (Å²) >= 11 is 0. The number of likely N-dealkylation sites (tertiary alicyclic amines) is 1. The van der Waals surface area contributed by atoms with Gasteiger partial charge in [0.1, 0.15) is 0 Å². The smallest absolute Gasteiger partial charge is 0.0692 e. The zero-order valence-corrected chi connectivity index (χ0v) is 24.6. The van der Waals surface area contributed by atoms with E-state index in [0.29, 0.717) is 0 Å². The van der Waals surface area contributed by atoms with Crippen LogP contribution >= 0.6 is 0 Å². The Morgan fingerprint density at radius 1 is 1.17 bits per heavy atom. The Morgan fingerprint density at radius 3 is 2.51 bits per heavy atom. The molecule has 0 saturated carbocycles. The number of nitrogens with one attached hydrogen (secondary N) is 3. The Morgan fingerprint density at radius 2 is 1.91 bits per heavy atom. The summed E-state index contributed by atoms with van der Waals surface area (Å²) in [5, 5.41) is 9.50. The molecule has 2 aromatic heterocycles. The second-order valence-electron chi connectivity index (χ2n) is 10.2. The van der Waals surface area contributed by atoms with Crippen molar-refractivity contribution in [2.45, 2.75) is 71.2 Å². The average Bonchev–Trinajstić information content (AvgIpc) is 3.49. The van der Waals surface area contributed by atoms with E-state index in [1.807, 2.05) is 37.4 Å². The van der Waals surface area contributed by atoms with Gasteiger partial charge < -0.3 is 15.1 Å². The van der Waals surface area contributed by atoms with Gasteiger partial charge in [0, 0.05) is 44.4 Å². The molecule has 1 aliphatic carbocycles. The van der Waals surface area contributed by atoms with Crippen LogP contribution in [0.2, 0.25) is 5.31 Å². The van der Waals surface area contributed by atoms with Crippen molar-refractivity contribution in [2.24, 2.45) is 0 Å². The third-order valence-electron chi connectivity index (χ3n) is 7.18. The predicted molar refractivity (Wildman–Crippen MR) is 140 cm³/mol. The van der Waals surface area contributed by atoms with Crippen molar-refractivity contribution in [1.29, 1.82) is 0 Å². The SMILES string of the molecule is CC(C)([B]c1c[c-][nH]c1)C(C)(C)N1CCCCC1.CC1=CC(c2ccn[nH]2)=CC(N[C-]=O)=CC1.[Y]. The number of piperidine rings is 1. The normalized spacial score (nSPS) is 16.9. The van der Waals surface area contributed by atoms with E-state index in [1.54, 1.807) is 12.6 Å². The number of amides is 1. The monoisotopic (exact) mass is 547 g/mol. The summed E-state index contributed by atoms with van der Waals surface area (Å²) in [4.78, 5) is 16.0. The van der Waals surface area contributed by atoms with Gasteiger partial charge in [-0.25, -0.2) is 5.46 Å². The maximum atomic E-state index is 10.3. The van der Waals surface area contributed by atoms with Gasteiger partial charge in [-0.2, -0.15) is 17.4 Å². The number of carbonyl (C=O) groups excluding carboxylic acids is 1. The van der Waals surface area contributed by atoms with Crippen molar-refractivity contribution >= 4 is 24.7 Å². The second-order valence-corrected chi connectivity index (χ2v) is 10.2. The van der Waals surface area contributed by atoms with Gasteiger partial charge in [0.05, 0.1) is 19.4 Å². The number of allylic oxidation sites excluding steroid dienone is 5. The molecule has 2 aliphatic rings. The first-order valence-corrected chi connectivity index (χ1v) is 12.1. The molecule has 3 N–H and O–H groups in total. The molecular weight excluding hydrogens is 510 g/mol. The molecule has 0 unspecified atom stereocenters. The van der Waals surface area contributed by atoms with Crippen molar-refractivity contribution < 1.29 is 37.5 Å². The van der Waals surface area contributed by atoms with Crippen molar-refractivity contribution in [3.8, 4) is 0 Å². The van der Waals surface area contributed by atoms with Crippen LogP contribution in [0.5, 0.6) is 0 Å². The van der Waals surface area contributed by atoms with Crippen LogP contribution in [-0.2, 0) is 37.5 Å². The molecule has 2 radical (unpaired) electrons. The van der Waals surface area contributed by atoms with Gasteiger partial charge in [-0.15, -0.1) is 24.0 Å². The molecule has 1 saturated heterocycles. The summed E-state index contributed by atoms with van der Waals surface area (Å²) in [6.07, 6.45) is 19.2. The van der Waals surface area contributed by atoms with E-state index in [-0.39, 0.29) is 43.6 Å². The number of aromatic amines is 2. The Balaban J connectivity index is 0.000000241. The molecular formula is C27H37BN5OY-2. The number of H-pyrrole nitrogens is 2. The minimum atomic E-state index is 0. The summed E-state index contributed by atoms with van der Waals surface area (Å²) in [6, 6.07) is 3.91. The summed E-state index contributed by atoms with van der Waals surface area (Å²) in [5.74, 6) is 0. The first-order valence-electron chi connectivity index (χ1n) is 12.1. The maximum Gasteiger partial charge on any atom is 0.0692 e. The van der Waals surface area contributed by atoms with Gasteiger partial charge in [0.25, 0.3) is 0 Å². The number of nitrogens with zero attached hydrogens (tertiary/aromatic N) is 2. The number of hydrogen-bond acceptors (Lipinski definition) is 3. The van der Waals surface area contributed by atoms with Crippen LogP contribution in [0, 0.1) is 6.20 Å². The topological polar surface area (TPSA) is 76.8 Å². The molecule has 184 valence electrons. The van der Waals surface area contributed by atoms with E-state index in [9.17, 15) is 4.79 Å². The van der Waals surface area contributed by atoms with Crippen molar-refractivity contribution in [1.82, 2.24) is 25.4 Å². The zero-order chi connectivity index (χ0) is 24.6. The standard InChI is InChI=1S/C15H25BN2.C12H12N3O.Y/c1-14(2,16-13-8-9-17-12-13)15(3,4)18-10-6-5-7-11-18;1-9-2-3-11(13-8-16)7-10(6-9)12-4-5-14-15-12;/h8,12,17H,5-7,10-11H2,1-4H3;3-7H,2H2,1H3,(H,13,16)(H,14,15);/q2*-1;. The third-order valence-corrected chi connectivity index (χ3v) is 7.18. The Hall–Kier alpha value is -1.69.